The van der Waals surface area contributed by atoms with Crippen LogP contribution in [0.1, 0.15) is 23.7 Å². The summed E-state index contributed by atoms with van der Waals surface area (Å²) in [5.41, 5.74) is 0.476. The molecule has 1 atom stereocenters. The number of carboxylic acids is 1. The molecule has 0 bridgehead atoms. The van der Waals surface area contributed by atoms with Crippen molar-refractivity contribution in [1.82, 2.24) is 0 Å². The van der Waals surface area contributed by atoms with E-state index in [-0.39, 0.29) is 6.42 Å². The number of rotatable bonds is 4. The van der Waals surface area contributed by atoms with E-state index in [2.05, 4.69) is 67.8 Å². The van der Waals surface area contributed by atoms with Crippen molar-refractivity contribution in [2.45, 2.75) is 19.4 Å². The average molecular weight is 586 g/mol. The molecule has 1 aromatic carbocycles. The Labute approximate surface area is 145 Å². The standard InChI is InChI=1S/C11H9I3O4/c1-5(2-9(15)16)18-11(17)7-3-6(12)4-8(13)10(7)14/h3-5H,2H2,1H3,(H,15,16). The van der Waals surface area contributed by atoms with Gasteiger partial charge in [0.15, 0.2) is 0 Å². The highest BCUT2D eigenvalue weighted by Gasteiger charge is 2.18. The quantitative estimate of drug-likeness (QED) is 0.334. The second-order valence-electron chi connectivity index (χ2n) is 3.56. The number of carboxylic acid groups (broad SMARTS) is 1. The highest BCUT2D eigenvalue weighted by atomic mass is 127. The lowest BCUT2D eigenvalue weighted by molar-refractivity contribution is -0.138. The van der Waals surface area contributed by atoms with Crippen LogP contribution in [0.3, 0.4) is 0 Å². The predicted molar refractivity (Wildman–Crippen MR) is 91.7 cm³/mol. The highest BCUT2D eigenvalue weighted by molar-refractivity contribution is 14.1. The first kappa shape index (κ1) is 16.4. The third-order valence-electron chi connectivity index (χ3n) is 1.98. The van der Waals surface area contributed by atoms with Crippen LogP contribution in [0.15, 0.2) is 12.1 Å². The number of carbonyl (C=O) groups excluding carboxylic acids is 1. The van der Waals surface area contributed by atoms with E-state index in [1.54, 1.807) is 13.0 Å². The number of ether oxygens (including phenoxy) is 1. The second kappa shape index (κ2) is 7.22. The van der Waals surface area contributed by atoms with Gasteiger partial charge in [0.1, 0.15) is 6.10 Å². The number of aliphatic carboxylic acids is 1. The van der Waals surface area contributed by atoms with Crippen LogP contribution in [0.25, 0.3) is 0 Å². The van der Waals surface area contributed by atoms with E-state index in [4.69, 9.17) is 9.84 Å². The molecule has 18 heavy (non-hydrogen) atoms. The van der Waals surface area contributed by atoms with Gasteiger partial charge in [-0.25, -0.2) is 4.79 Å². The van der Waals surface area contributed by atoms with Crippen molar-refractivity contribution in [3.63, 3.8) is 0 Å². The Morgan fingerprint density at radius 1 is 1.33 bits per heavy atom. The zero-order chi connectivity index (χ0) is 13.9. The van der Waals surface area contributed by atoms with Crippen LogP contribution in [-0.2, 0) is 9.53 Å². The molecule has 1 unspecified atom stereocenters. The summed E-state index contributed by atoms with van der Waals surface area (Å²) in [6.07, 6.45) is -0.829. The summed E-state index contributed by atoms with van der Waals surface area (Å²) >= 11 is 6.35. The summed E-state index contributed by atoms with van der Waals surface area (Å²) in [5.74, 6) is -1.47. The Morgan fingerprint density at radius 3 is 2.50 bits per heavy atom. The van der Waals surface area contributed by atoms with Gasteiger partial charge in [-0.15, -0.1) is 0 Å². The zero-order valence-corrected chi connectivity index (χ0v) is 15.7. The summed E-state index contributed by atoms with van der Waals surface area (Å²) in [6, 6.07) is 3.70. The van der Waals surface area contributed by atoms with Gasteiger partial charge in [0.2, 0.25) is 0 Å². The number of halogens is 3. The Kier molecular flexibility index (Phi) is 6.58. The van der Waals surface area contributed by atoms with Gasteiger partial charge in [0, 0.05) is 10.7 Å². The Morgan fingerprint density at radius 2 is 1.94 bits per heavy atom. The van der Waals surface area contributed by atoms with Crippen molar-refractivity contribution >= 4 is 79.7 Å². The van der Waals surface area contributed by atoms with Crippen LogP contribution >= 0.6 is 67.8 Å². The number of esters is 1. The smallest absolute Gasteiger partial charge is 0.339 e. The van der Waals surface area contributed by atoms with Crippen LogP contribution in [0.4, 0.5) is 0 Å². The van der Waals surface area contributed by atoms with Crippen LogP contribution < -0.4 is 0 Å². The molecule has 0 aliphatic heterocycles. The maximum Gasteiger partial charge on any atom is 0.339 e. The van der Waals surface area contributed by atoms with Gasteiger partial charge in [-0.05, 0) is 86.8 Å². The monoisotopic (exact) mass is 586 g/mol. The fourth-order valence-electron chi connectivity index (χ4n) is 1.24. The topological polar surface area (TPSA) is 63.6 Å². The molecule has 1 rings (SSSR count). The van der Waals surface area contributed by atoms with E-state index in [1.807, 2.05) is 6.07 Å². The molecule has 0 saturated heterocycles. The van der Waals surface area contributed by atoms with Gasteiger partial charge in [0.05, 0.1) is 12.0 Å². The van der Waals surface area contributed by atoms with E-state index in [9.17, 15) is 9.59 Å². The Hall–Kier alpha value is 0.350. The first-order valence-corrected chi connectivity index (χ1v) is 8.12. The molecule has 0 aliphatic rings. The maximum absolute atomic E-state index is 11.9. The summed E-state index contributed by atoms with van der Waals surface area (Å²) in [4.78, 5) is 22.4. The number of hydrogen-bond acceptors (Lipinski definition) is 3. The molecule has 0 spiro atoms. The first-order chi connectivity index (χ1) is 8.31. The number of hydrogen-bond donors (Lipinski definition) is 1. The minimum Gasteiger partial charge on any atom is -0.481 e. The Bertz CT molecular complexity index is 487. The molecule has 7 heteroatoms. The number of carbonyl (C=O) groups is 2. The van der Waals surface area contributed by atoms with Gasteiger partial charge in [-0.1, -0.05) is 0 Å². The first-order valence-electron chi connectivity index (χ1n) is 4.88. The molecule has 0 radical (unpaired) electrons. The molecule has 0 amide bonds. The normalized spacial score (nSPS) is 12.0. The van der Waals surface area contributed by atoms with Gasteiger partial charge in [-0.3, -0.25) is 4.79 Å². The van der Waals surface area contributed by atoms with Gasteiger partial charge < -0.3 is 9.84 Å². The molecule has 0 saturated carbocycles. The lowest BCUT2D eigenvalue weighted by Crippen LogP contribution is -2.19. The van der Waals surface area contributed by atoms with E-state index in [1.165, 1.54) is 0 Å². The van der Waals surface area contributed by atoms with Crippen molar-refractivity contribution in [1.29, 1.82) is 0 Å². The molecule has 0 aromatic heterocycles. The molecular weight excluding hydrogens is 577 g/mol. The fourth-order valence-corrected chi connectivity index (χ4v) is 3.61. The molecule has 0 fully saturated rings. The molecular formula is C11H9I3O4. The van der Waals surface area contributed by atoms with Crippen LogP contribution in [0.2, 0.25) is 0 Å². The molecule has 0 heterocycles. The molecule has 1 N–H and O–H groups in total. The van der Waals surface area contributed by atoms with Gasteiger partial charge in [0.25, 0.3) is 0 Å². The van der Waals surface area contributed by atoms with Crippen LogP contribution in [0.5, 0.6) is 0 Å². The molecule has 1 aromatic rings. The largest absolute Gasteiger partial charge is 0.481 e. The predicted octanol–water partition coefficient (Wildman–Crippen LogP) is 3.52. The van der Waals surface area contributed by atoms with E-state index < -0.39 is 18.0 Å². The molecule has 0 aliphatic carbocycles. The van der Waals surface area contributed by atoms with Crippen molar-refractivity contribution in [2.75, 3.05) is 0 Å². The van der Waals surface area contributed by atoms with Crippen LogP contribution in [0, 0.1) is 10.7 Å². The van der Waals surface area contributed by atoms with Gasteiger partial charge in [-0.2, -0.15) is 0 Å². The SMILES string of the molecule is CC(CC(=O)O)OC(=O)c1cc(I)cc(I)c1I. The van der Waals surface area contributed by atoms with E-state index in [0.29, 0.717) is 5.56 Å². The summed E-state index contributed by atoms with van der Waals surface area (Å²) < 4.78 is 7.84. The zero-order valence-electron chi connectivity index (χ0n) is 9.25. The van der Waals surface area contributed by atoms with Crippen LogP contribution in [-0.4, -0.2) is 23.1 Å². The second-order valence-corrected chi connectivity index (χ2v) is 7.05. The molecule has 4 nitrogen and oxygen atoms in total. The summed E-state index contributed by atoms with van der Waals surface area (Å²) in [5, 5.41) is 8.61. The third-order valence-corrected chi connectivity index (χ3v) is 5.65. The van der Waals surface area contributed by atoms with Gasteiger partial charge >= 0.3 is 11.9 Å². The maximum atomic E-state index is 11.9. The van der Waals surface area contributed by atoms with Crippen molar-refractivity contribution in [2.24, 2.45) is 0 Å². The number of benzene rings is 1. The Balaban J connectivity index is 2.88. The average Bonchev–Trinajstić information content (AvgIpc) is 2.21. The van der Waals surface area contributed by atoms with E-state index in [0.717, 1.165) is 10.7 Å². The van der Waals surface area contributed by atoms with Crippen molar-refractivity contribution in [3.05, 3.63) is 28.4 Å². The minimum absolute atomic E-state index is 0.191. The lowest BCUT2D eigenvalue weighted by atomic mass is 10.2. The van der Waals surface area contributed by atoms with Crippen molar-refractivity contribution < 1.29 is 19.4 Å². The molecule has 98 valence electrons. The summed E-state index contributed by atoms with van der Waals surface area (Å²) in [7, 11) is 0. The third kappa shape index (κ3) is 4.79. The summed E-state index contributed by atoms with van der Waals surface area (Å²) in [6.45, 7) is 1.57. The van der Waals surface area contributed by atoms with E-state index >= 15 is 0 Å². The van der Waals surface area contributed by atoms with Crippen molar-refractivity contribution in [3.8, 4) is 0 Å². The highest BCUT2D eigenvalue weighted by Crippen LogP contribution is 2.23. The lowest BCUT2D eigenvalue weighted by Gasteiger charge is -2.12. The minimum atomic E-state index is -0.984. The fraction of sp³-hybridized carbons (Fsp3) is 0.273.